The number of ether oxygens (including phenoxy) is 1. The third kappa shape index (κ3) is 3.77. The Bertz CT molecular complexity index is 574. The van der Waals surface area contributed by atoms with Crippen LogP contribution in [0.1, 0.15) is 40.5 Å². The van der Waals surface area contributed by atoms with Crippen LogP contribution < -0.4 is 0 Å². The Balaban J connectivity index is 2.29. The standard InChI is InChI=1S/C19H27F3OS/c1-10-8-17(23-5)12(3)15(11(10)2)9-14-6-7-16(19(20,21)22)13(4)18(14)24/h6-7,10,12-13,16-17,24H,8-9H2,1-5H3/t10?,12-,13?,16?,17?/m0/s1. The van der Waals surface area contributed by atoms with Crippen molar-refractivity contribution in [3.63, 3.8) is 0 Å². The fraction of sp³-hybridized carbons (Fsp3) is 0.684. The highest BCUT2D eigenvalue weighted by atomic mass is 32.1. The summed E-state index contributed by atoms with van der Waals surface area (Å²) in [5.74, 6) is -1.39. The largest absolute Gasteiger partial charge is 0.395 e. The van der Waals surface area contributed by atoms with Crippen molar-refractivity contribution in [1.29, 1.82) is 0 Å². The van der Waals surface area contributed by atoms with Crippen molar-refractivity contribution >= 4 is 12.6 Å². The Morgan fingerprint density at radius 1 is 1.21 bits per heavy atom. The lowest BCUT2D eigenvalue weighted by molar-refractivity contribution is -0.169. The summed E-state index contributed by atoms with van der Waals surface area (Å²) >= 11 is 4.44. The molecule has 0 fully saturated rings. The van der Waals surface area contributed by atoms with Crippen LogP contribution >= 0.6 is 12.6 Å². The van der Waals surface area contributed by atoms with E-state index in [0.29, 0.717) is 17.2 Å². The van der Waals surface area contributed by atoms with Gasteiger partial charge in [-0.2, -0.15) is 13.2 Å². The fourth-order valence-electron chi connectivity index (χ4n) is 3.91. The third-order valence-corrected chi connectivity index (χ3v) is 6.50. The van der Waals surface area contributed by atoms with E-state index in [0.717, 1.165) is 12.0 Å². The fourth-order valence-corrected chi connectivity index (χ4v) is 4.23. The Kier molecular flexibility index (Phi) is 5.96. The zero-order chi connectivity index (χ0) is 18.2. The van der Waals surface area contributed by atoms with E-state index in [1.165, 1.54) is 17.2 Å². The van der Waals surface area contributed by atoms with Crippen molar-refractivity contribution in [2.75, 3.05) is 7.11 Å². The van der Waals surface area contributed by atoms with E-state index in [9.17, 15) is 13.2 Å². The van der Waals surface area contributed by atoms with E-state index in [2.05, 4.69) is 33.4 Å². The highest BCUT2D eigenvalue weighted by Crippen LogP contribution is 2.45. The van der Waals surface area contributed by atoms with E-state index in [1.54, 1.807) is 20.1 Å². The van der Waals surface area contributed by atoms with Gasteiger partial charge in [0, 0.05) is 18.9 Å². The second kappa shape index (κ2) is 7.28. The summed E-state index contributed by atoms with van der Waals surface area (Å²) < 4.78 is 44.9. The molecule has 5 heteroatoms. The average Bonchev–Trinajstić information content (AvgIpc) is 2.50. The molecule has 0 N–H and O–H groups in total. The molecule has 5 atom stereocenters. The van der Waals surface area contributed by atoms with Crippen molar-refractivity contribution in [1.82, 2.24) is 0 Å². The van der Waals surface area contributed by atoms with Crippen LogP contribution in [0.3, 0.4) is 0 Å². The number of alkyl halides is 3. The SMILES string of the molecule is COC1CC(C)C(C)=C(CC2=C(S)C(C)C(C(F)(F)F)C=C2)[C@@H]1C. The molecule has 0 aliphatic heterocycles. The minimum absolute atomic E-state index is 0.163. The number of allylic oxidation sites excluding steroid dienone is 5. The summed E-state index contributed by atoms with van der Waals surface area (Å²) in [6.45, 7) is 8.07. The second-order valence-electron chi connectivity index (χ2n) is 7.21. The minimum atomic E-state index is -4.22. The number of halogens is 3. The molecule has 24 heavy (non-hydrogen) atoms. The van der Waals surface area contributed by atoms with Gasteiger partial charge in [-0.3, -0.25) is 0 Å². The predicted molar refractivity (Wildman–Crippen MR) is 94.9 cm³/mol. The molecule has 136 valence electrons. The molecule has 0 amide bonds. The monoisotopic (exact) mass is 360 g/mol. The van der Waals surface area contributed by atoms with Crippen molar-refractivity contribution in [2.45, 2.75) is 52.8 Å². The zero-order valence-corrected chi connectivity index (χ0v) is 15.8. The molecular formula is C19H27F3OS. The van der Waals surface area contributed by atoms with E-state index in [-0.39, 0.29) is 12.0 Å². The lowest BCUT2D eigenvalue weighted by Gasteiger charge is -2.37. The van der Waals surface area contributed by atoms with E-state index < -0.39 is 18.0 Å². The Morgan fingerprint density at radius 3 is 2.38 bits per heavy atom. The van der Waals surface area contributed by atoms with Gasteiger partial charge in [0.25, 0.3) is 0 Å². The first-order valence-electron chi connectivity index (χ1n) is 8.47. The van der Waals surface area contributed by atoms with Crippen molar-refractivity contribution in [2.24, 2.45) is 23.7 Å². The normalized spacial score (nSPS) is 35.0. The first kappa shape index (κ1) is 19.6. The molecule has 0 aromatic rings. The summed E-state index contributed by atoms with van der Waals surface area (Å²) in [7, 11) is 1.73. The number of methoxy groups -OCH3 is 1. The first-order chi connectivity index (χ1) is 11.1. The van der Waals surface area contributed by atoms with Crippen LogP contribution in [0, 0.1) is 23.7 Å². The molecule has 4 unspecified atom stereocenters. The van der Waals surface area contributed by atoms with Gasteiger partial charge in [0.15, 0.2) is 0 Å². The third-order valence-electron chi connectivity index (χ3n) is 5.80. The molecule has 2 aliphatic carbocycles. The Hall–Kier alpha value is -0.680. The molecule has 0 saturated carbocycles. The molecular weight excluding hydrogens is 333 g/mol. The maximum atomic E-state index is 13.1. The van der Waals surface area contributed by atoms with Crippen molar-refractivity contribution < 1.29 is 17.9 Å². The van der Waals surface area contributed by atoms with Crippen LogP contribution in [0.25, 0.3) is 0 Å². The second-order valence-corrected chi connectivity index (χ2v) is 7.69. The minimum Gasteiger partial charge on any atom is -0.381 e. The maximum Gasteiger partial charge on any atom is 0.395 e. The maximum absolute atomic E-state index is 13.1. The lowest BCUT2D eigenvalue weighted by atomic mass is 9.73. The topological polar surface area (TPSA) is 9.23 Å². The molecule has 0 aromatic heterocycles. The molecule has 0 bridgehead atoms. The van der Waals surface area contributed by atoms with Gasteiger partial charge in [-0.15, -0.1) is 12.6 Å². The summed E-state index contributed by atoms with van der Waals surface area (Å²) in [4.78, 5) is 0.555. The smallest absolute Gasteiger partial charge is 0.381 e. The van der Waals surface area contributed by atoms with Gasteiger partial charge >= 0.3 is 6.18 Å². The molecule has 0 saturated heterocycles. The number of hydrogen-bond acceptors (Lipinski definition) is 2. The molecule has 0 aromatic carbocycles. The van der Waals surface area contributed by atoms with Gasteiger partial charge < -0.3 is 4.74 Å². The summed E-state index contributed by atoms with van der Waals surface area (Å²) in [6, 6.07) is 0. The molecule has 1 nitrogen and oxygen atoms in total. The van der Waals surface area contributed by atoms with Crippen LogP contribution in [0.15, 0.2) is 33.8 Å². The van der Waals surface area contributed by atoms with Crippen LogP contribution in [0.2, 0.25) is 0 Å². The highest BCUT2D eigenvalue weighted by molar-refractivity contribution is 7.84. The van der Waals surface area contributed by atoms with Gasteiger partial charge in [0.1, 0.15) is 0 Å². The summed E-state index contributed by atoms with van der Waals surface area (Å²) in [5.41, 5.74) is 3.52. The molecule has 0 heterocycles. The van der Waals surface area contributed by atoms with Crippen molar-refractivity contribution in [3.8, 4) is 0 Å². The number of thiol groups is 1. The first-order valence-corrected chi connectivity index (χ1v) is 8.91. The predicted octanol–water partition coefficient (Wildman–Crippen LogP) is 5.95. The van der Waals surface area contributed by atoms with E-state index in [1.807, 2.05) is 0 Å². The van der Waals surface area contributed by atoms with E-state index in [4.69, 9.17) is 4.74 Å². The van der Waals surface area contributed by atoms with Crippen molar-refractivity contribution in [3.05, 3.63) is 33.8 Å². The average molecular weight is 360 g/mol. The summed E-state index contributed by atoms with van der Waals surface area (Å²) in [6.07, 6.45) is 0.493. The number of rotatable bonds is 3. The molecule has 0 spiro atoms. The summed E-state index contributed by atoms with van der Waals surface area (Å²) in [5, 5.41) is 0. The van der Waals surface area contributed by atoms with Gasteiger partial charge in [-0.25, -0.2) is 0 Å². The number of hydrogen-bond donors (Lipinski definition) is 1. The quantitative estimate of drug-likeness (QED) is 0.483. The van der Waals surface area contributed by atoms with Crippen LogP contribution in [0.4, 0.5) is 13.2 Å². The van der Waals surface area contributed by atoms with Gasteiger partial charge in [0.05, 0.1) is 12.0 Å². The van der Waals surface area contributed by atoms with Gasteiger partial charge in [-0.1, -0.05) is 44.1 Å². The zero-order valence-electron chi connectivity index (χ0n) is 14.9. The van der Waals surface area contributed by atoms with Crippen LogP contribution in [-0.2, 0) is 4.74 Å². The Labute approximate surface area is 148 Å². The van der Waals surface area contributed by atoms with Crippen LogP contribution in [0.5, 0.6) is 0 Å². The Morgan fingerprint density at radius 2 is 1.83 bits per heavy atom. The van der Waals surface area contributed by atoms with Gasteiger partial charge in [0.2, 0.25) is 0 Å². The molecule has 2 rings (SSSR count). The van der Waals surface area contributed by atoms with E-state index >= 15 is 0 Å². The van der Waals surface area contributed by atoms with Gasteiger partial charge in [-0.05, 0) is 36.2 Å². The molecule has 0 radical (unpaired) electrons. The van der Waals surface area contributed by atoms with Crippen LogP contribution in [-0.4, -0.2) is 19.4 Å². The highest BCUT2D eigenvalue weighted by Gasteiger charge is 2.43. The lowest BCUT2D eigenvalue weighted by Crippen LogP contribution is -2.32. The molecule has 2 aliphatic rings.